The summed E-state index contributed by atoms with van der Waals surface area (Å²) >= 11 is 0. The predicted molar refractivity (Wildman–Crippen MR) is 80.2 cm³/mol. The molecule has 0 aliphatic rings. The Labute approximate surface area is 131 Å². The van der Waals surface area contributed by atoms with Gasteiger partial charge in [0.25, 0.3) is 5.69 Å². The van der Waals surface area contributed by atoms with Gasteiger partial charge in [0.2, 0.25) is 10.0 Å². The molecule has 0 saturated carbocycles. The quantitative estimate of drug-likeness (QED) is 0.610. The van der Waals surface area contributed by atoms with Gasteiger partial charge in [0.15, 0.2) is 0 Å². The van der Waals surface area contributed by atoms with E-state index in [0.29, 0.717) is 0 Å². The van der Waals surface area contributed by atoms with E-state index in [4.69, 9.17) is 0 Å². The van der Waals surface area contributed by atoms with Crippen LogP contribution in [0, 0.1) is 10.1 Å². The van der Waals surface area contributed by atoms with Crippen LogP contribution in [0.1, 0.15) is 11.6 Å². The molecular formula is C14H12N2O6S. The fourth-order valence-electron chi connectivity index (χ4n) is 1.89. The number of rotatable bonds is 6. The van der Waals surface area contributed by atoms with E-state index in [1.54, 1.807) is 18.2 Å². The molecule has 120 valence electrons. The lowest BCUT2D eigenvalue weighted by molar-refractivity contribution is -0.385. The van der Waals surface area contributed by atoms with Gasteiger partial charge < -0.3 is 5.11 Å². The summed E-state index contributed by atoms with van der Waals surface area (Å²) in [5.41, 5.74) is -0.159. The van der Waals surface area contributed by atoms with Crippen LogP contribution in [0.25, 0.3) is 0 Å². The molecule has 0 radical (unpaired) electrons. The van der Waals surface area contributed by atoms with Gasteiger partial charge in [-0.2, -0.15) is 4.72 Å². The second kappa shape index (κ2) is 6.55. The number of hydrogen-bond donors (Lipinski definition) is 2. The van der Waals surface area contributed by atoms with E-state index in [9.17, 15) is 28.4 Å². The van der Waals surface area contributed by atoms with Crippen molar-refractivity contribution in [3.05, 3.63) is 70.3 Å². The lowest BCUT2D eigenvalue weighted by Gasteiger charge is -2.15. The number of benzene rings is 2. The minimum absolute atomic E-state index is 0.244. The van der Waals surface area contributed by atoms with Gasteiger partial charge in [-0.3, -0.25) is 14.9 Å². The Morgan fingerprint density at radius 1 is 1.13 bits per heavy atom. The van der Waals surface area contributed by atoms with Gasteiger partial charge in [0.05, 0.1) is 9.82 Å². The first-order valence-corrected chi connectivity index (χ1v) is 7.84. The van der Waals surface area contributed by atoms with E-state index in [1.165, 1.54) is 18.2 Å². The largest absolute Gasteiger partial charge is 0.480 e. The molecule has 0 unspecified atom stereocenters. The summed E-state index contributed by atoms with van der Waals surface area (Å²) in [6.07, 6.45) is 0. The lowest BCUT2D eigenvalue weighted by atomic mass is 10.1. The molecule has 0 spiro atoms. The van der Waals surface area contributed by atoms with Gasteiger partial charge in [0, 0.05) is 12.1 Å². The molecule has 2 aromatic rings. The topological polar surface area (TPSA) is 127 Å². The van der Waals surface area contributed by atoms with Gasteiger partial charge in [-0.05, 0) is 11.6 Å². The maximum absolute atomic E-state index is 12.3. The number of sulfonamides is 1. The highest BCUT2D eigenvalue weighted by Crippen LogP contribution is 2.20. The number of nitrogens with zero attached hydrogens (tertiary/aromatic N) is 1. The third kappa shape index (κ3) is 3.90. The molecule has 8 nitrogen and oxygen atoms in total. The van der Waals surface area contributed by atoms with Gasteiger partial charge >= 0.3 is 5.97 Å². The number of carbonyl (C=O) groups is 1. The van der Waals surface area contributed by atoms with Crippen LogP contribution in [-0.4, -0.2) is 24.4 Å². The number of hydrogen-bond acceptors (Lipinski definition) is 5. The lowest BCUT2D eigenvalue weighted by Crippen LogP contribution is -2.33. The number of nitrogens with one attached hydrogen (secondary N) is 1. The molecule has 0 aliphatic carbocycles. The average molecular weight is 336 g/mol. The molecule has 23 heavy (non-hydrogen) atoms. The van der Waals surface area contributed by atoms with Gasteiger partial charge in [-0.15, -0.1) is 0 Å². The van der Waals surface area contributed by atoms with E-state index in [-0.39, 0.29) is 10.5 Å². The van der Waals surface area contributed by atoms with Gasteiger partial charge in [-0.1, -0.05) is 36.4 Å². The third-order valence-electron chi connectivity index (χ3n) is 2.99. The molecule has 9 heteroatoms. The molecule has 0 aromatic heterocycles. The fourth-order valence-corrected chi connectivity index (χ4v) is 3.11. The first-order valence-electron chi connectivity index (χ1n) is 6.36. The Bertz CT molecular complexity index is 835. The molecule has 2 N–H and O–H groups in total. The van der Waals surface area contributed by atoms with Gasteiger partial charge in [0.1, 0.15) is 6.04 Å². The van der Waals surface area contributed by atoms with Crippen LogP contribution in [0.5, 0.6) is 0 Å². The Kier molecular flexibility index (Phi) is 4.72. The number of carboxylic acids is 1. The molecular weight excluding hydrogens is 324 g/mol. The van der Waals surface area contributed by atoms with Crippen molar-refractivity contribution in [1.29, 1.82) is 0 Å². The molecule has 0 fully saturated rings. The second-order valence-electron chi connectivity index (χ2n) is 4.56. The first-order chi connectivity index (χ1) is 10.8. The van der Waals surface area contributed by atoms with Crippen LogP contribution >= 0.6 is 0 Å². The van der Waals surface area contributed by atoms with Crippen LogP contribution in [0.3, 0.4) is 0 Å². The SMILES string of the molecule is O=C(O)[C@@H](NS(=O)(=O)c1cccc([N+](=O)[O-])c1)c1ccccc1. The highest BCUT2D eigenvalue weighted by Gasteiger charge is 2.27. The summed E-state index contributed by atoms with van der Waals surface area (Å²) in [5, 5.41) is 20.0. The Hall–Kier alpha value is -2.78. The van der Waals surface area contributed by atoms with Crippen molar-refractivity contribution in [2.24, 2.45) is 0 Å². The third-order valence-corrected chi connectivity index (χ3v) is 4.41. The zero-order chi connectivity index (χ0) is 17.0. The molecule has 2 rings (SSSR count). The normalized spacial score (nSPS) is 12.5. The van der Waals surface area contributed by atoms with Crippen molar-refractivity contribution in [3.8, 4) is 0 Å². The summed E-state index contributed by atoms with van der Waals surface area (Å²) in [5.74, 6) is -1.38. The molecule has 0 saturated heterocycles. The summed E-state index contributed by atoms with van der Waals surface area (Å²) in [6, 6.07) is 10.6. The first kappa shape index (κ1) is 16.6. The van der Waals surface area contributed by atoms with Crippen LogP contribution in [-0.2, 0) is 14.8 Å². The average Bonchev–Trinajstić information content (AvgIpc) is 2.53. The van der Waals surface area contributed by atoms with Crippen molar-refractivity contribution < 1.29 is 23.2 Å². The van der Waals surface area contributed by atoms with Crippen molar-refractivity contribution in [2.45, 2.75) is 10.9 Å². The Balaban J connectivity index is 2.37. The smallest absolute Gasteiger partial charge is 0.326 e. The van der Waals surface area contributed by atoms with E-state index in [1.807, 2.05) is 4.72 Å². The zero-order valence-electron chi connectivity index (χ0n) is 11.6. The number of nitro groups is 1. The number of aliphatic carboxylic acids is 1. The monoisotopic (exact) mass is 336 g/mol. The minimum atomic E-state index is -4.24. The van der Waals surface area contributed by atoms with Crippen LogP contribution in [0.15, 0.2) is 59.5 Å². The second-order valence-corrected chi connectivity index (χ2v) is 6.27. The van der Waals surface area contributed by atoms with E-state index < -0.39 is 32.6 Å². The summed E-state index contributed by atoms with van der Waals surface area (Å²) in [6.45, 7) is 0. The Morgan fingerprint density at radius 3 is 2.35 bits per heavy atom. The van der Waals surface area contributed by atoms with Gasteiger partial charge in [-0.25, -0.2) is 8.42 Å². The summed E-state index contributed by atoms with van der Waals surface area (Å²) < 4.78 is 26.6. The molecule has 1 atom stereocenters. The molecule has 0 amide bonds. The Morgan fingerprint density at radius 2 is 1.78 bits per heavy atom. The maximum Gasteiger partial charge on any atom is 0.326 e. The van der Waals surface area contributed by atoms with Crippen LogP contribution in [0.4, 0.5) is 5.69 Å². The minimum Gasteiger partial charge on any atom is -0.480 e. The van der Waals surface area contributed by atoms with Crippen molar-refractivity contribution >= 4 is 21.7 Å². The fraction of sp³-hybridized carbons (Fsp3) is 0.0714. The van der Waals surface area contributed by atoms with Crippen molar-refractivity contribution in [2.75, 3.05) is 0 Å². The molecule has 0 aliphatic heterocycles. The van der Waals surface area contributed by atoms with Crippen LogP contribution in [0.2, 0.25) is 0 Å². The zero-order valence-corrected chi connectivity index (χ0v) is 12.4. The summed E-state index contributed by atoms with van der Waals surface area (Å²) in [4.78, 5) is 21.0. The van der Waals surface area contributed by atoms with E-state index in [2.05, 4.69) is 0 Å². The van der Waals surface area contributed by atoms with E-state index in [0.717, 1.165) is 18.2 Å². The number of nitro benzene ring substituents is 1. The summed E-state index contributed by atoms with van der Waals surface area (Å²) in [7, 11) is -4.24. The molecule has 2 aromatic carbocycles. The highest BCUT2D eigenvalue weighted by atomic mass is 32.2. The van der Waals surface area contributed by atoms with Crippen molar-refractivity contribution in [1.82, 2.24) is 4.72 Å². The molecule has 0 bridgehead atoms. The number of carboxylic acid groups (broad SMARTS) is 1. The van der Waals surface area contributed by atoms with E-state index >= 15 is 0 Å². The maximum atomic E-state index is 12.3. The number of non-ortho nitro benzene ring substituents is 1. The van der Waals surface area contributed by atoms with Crippen LogP contribution < -0.4 is 4.72 Å². The molecule has 0 heterocycles. The highest BCUT2D eigenvalue weighted by molar-refractivity contribution is 7.89. The van der Waals surface area contributed by atoms with Crippen molar-refractivity contribution in [3.63, 3.8) is 0 Å². The standard InChI is InChI=1S/C14H12N2O6S/c17-14(18)13(10-5-2-1-3-6-10)15-23(21,22)12-8-4-7-11(9-12)16(19)20/h1-9,13,15H,(H,17,18)/t13-/m0/s1. The predicted octanol–water partition coefficient (Wildman–Crippen LogP) is 1.70.